The molecule has 1 aliphatic heterocycles. The average Bonchev–Trinajstić information content (AvgIpc) is 3.24. The molecule has 32 heavy (non-hydrogen) atoms. The molecule has 2 aromatic carbocycles. The summed E-state index contributed by atoms with van der Waals surface area (Å²) in [5.74, 6) is 1.06. The number of aromatic nitrogens is 1. The highest BCUT2D eigenvalue weighted by atomic mass is 35.5. The highest BCUT2D eigenvalue weighted by Gasteiger charge is 2.26. The van der Waals surface area contributed by atoms with Crippen molar-refractivity contribution in [3.05, 3.63) is 45.9 Å². The van der Waals surface area contributed by atoms with E-state index in [2.05, 4.69) is 4.90 Å². The van der Waals surface area contributed by atoms with Gasteiger partial charge in [-0.2, -0.15) is 0 Å². The second-order valence-corrected chi connectivity index (χ2v) is 9.00. The largest absolute Gasteiger partial charge is 0.495 e. The zero-order chi connectivity index (χ0) is 22.7. The van der Waals surface area contributed by atoms with Crippen LogP contribution in [0.15, 0.2) is 30.3 Å². The molecule has 170 valence electrons. The Morgan fingerprint density at radius 3 is 2.56 bits per heavy atom. The molecule has 7 nitrogen and oxygen atoms in total. The van der Waals surface area contributed by atoms with Crippen LogP contribution in [0.4, 0.5) is 5.13 Å². The number of fused-ring (bicyclic) bond motifs is 1. The Hall–Kier alpha value is -2.10. The Kier molecular flexibility index (Phi) is 7.37. The van der Waals surface area contributed by atoms with Gasteiger partial charge in [0.15, 0.2) is 5.13 Å². The molecule has 1 aromatic heterocycles. The minimum absolute atomic E-state index is 0.239. The van der Waals surface area contributed by atoms with Crippen molar-refractivity contribution < 1.29 is 19.0 Å². The molecule has 1 saturated heterocycles. The predicted octanol–water partition coefficient (Wildman–Crippen LogP) is 4.60. The molecular weight excluding hydrogens is 473 g/mol. The molecule has 0 N–H and O–H groups in total. The third kappa shape index (κ3) is 4.79. The predicted molar refractivity (Wildman–Crippen MR) is 128 cm³/mol. The second kappa shape index (κ2) is 10.2. The van der Waals surface area contributed by atoms with E-state index in [0.29, 0.717) is 64.1 Å². The maximum atomic E-state index is 13.6. The van der Waals surface area contributed by atoms with Crippen molar-refractivity contribution >= 4 is 55.8 Å². The molecule has 10 heteroatoms. The number of rotatable bonds is 7. The summed E-state index contributed by atoms with van der Waals surface area (Å²) in [6.07, 6.45) is 0. The van der Waals surface area contributed by atoms with Crippen LogP contribution in [0, 0.1) is 0 Å². The maximum Gasteiger partial charge on any atom is 0.261 e. The average molecular weight is 496 g/mol. The van der Waals surface area contributed by atoms with Crippen LogP contribution in [0.2, 0.25) is 10.0 Å². The van der Waals surface area contributed by atoms with Crippen molar-refractivity contribution in [1.82, 2.24) is 9.88 Å². The smallest absolute Gasteiger partial charge is 0.261 e. The lowest BCUT2D eigenvalue weighted by molar-refractivity contribution is 0.0391. The molecule has 3 aromatic rings. The first kappa shape index (κ1) is 23.1. The Labute approximate surface area is 200 Å². The molecule has 0 bridgehead atoms. The number of carbonyl (C=O) groups is 1. The number of hydrogen-bond donors (Lipinski definition) is 0. The van der Waals surface area contributed by atoms with Crippen molar-refractivity contribution in [2.75, 3.05) is 58.5 Å². The topological polar surface area (TPSA) is 64.1 Å². The monoisotopic (exact) mass is 495 g/mol. The van der Waals surface area contributed by atoms with Gasteiger partial charge in [0, 0.05) is 31.2 Å². The summed E-state index contributed by atoms with van der Waals surface area (Å²) in [6, 6.07) is 8.51. The maximum absolute atomic E-state index is 13.6. The van der Waals surface area contributed by atoms with Crippen molar-refractivity contribution in [3.63, 3.8) is 0 Å². The van der Waals surface area contributed by atoms with Gasteiger partial charge in [-0.1, -0.05) is 34.5 Å². The van der Waals surface area contributed by atoms with Crippen LogP contribution in [0.3, 0.4) is 0 Å². The fourth-order valence-electron chi connectivity index (χ4n) is 3.55. The highest BCUT2D eigenvalue weighted by molar-refractivity contribution is 7.22. The Balaban J connectivity index is 1.73. The molecule has 1 amide bonds. The summed E-state index contributed by atoms with van der Waals surface area (Å²) in [4.78, 5) is 22.3. The van der Waals surface area contributed by atoms with E-state index in [0.717, 1.165) is 17.8 Å². The fourth-order valence-corrected chi connectivity index (χ4v) is 5.14. The third-order valence-corrected chi connectivity index (χ3v) is 6.92. The summed E-state index contributed by atoms with van der Waals surface area (Å²) in [6.45, 7) is 4.15. The number of thiazole rings is 1. The standard InChI is InChI=1S/C22H23Cl2N3O4S/c1-29-17-5-6-18(30-2)20-19(17)25-22(32-20)27(8-7-26-9-11-31-12-10-26)21(28)15-4-3-14(23)13-16(15)24/h3-6,13H,7-12H2,1-2H3. The van der Waals surface area contributed by atoms with Crippen LogP contribution in [-0.2, 0) is 4.74 Å². The molecule has 4 rings (SSSR count). The number of nitrogens with zero attached hydrogens (tertiary/aromatic N) is 3. The van der Waals surface area contributed by atoms with E-state index in [1.54, 1.807) is 43.4 Å². The normalized spacial score (nSPS) is 14.5. The summed E-state index contributed by atoms with van der Waals surface area (Å²) < 4.78 is 17.2. The second-order valence-electron chi connectivity index (χ2n) is 7.18. The van der Waals surface area contributed by atoms with Crippen molar-refractivity contribution in [1.29, 1.82) is 0 Å². The quantitative estimate of drug-likeness (QED) is 0.477. The van der Waals surface area contributed by atoms with Crippen molar-refractivity contribution in [2.24, 2.45) is 0 Å². The summed E-state index contributed by atoms with van der Waals surface area (Å²) in [5.41, 5.74) is 1.02. The van der Waals surface area contributed by atoms with Gasteiger partial charge in [-0.3, -0.25) is 14.6 Å². The first-order valence-electron chi connectivity index (χ1n) is 10.1. The lowest BCUT2D eigenvalue weighted by atomic mass is 10.2. The minimum atomic E-state index is -0.239. The van der Waals surface area contributed by atoms with Gasteiger partial charge in [0.1, 0.15) is 21.7 Å². The number of hydrogen-bond acceptors (Lipinski definition) is 7. The van der Waals surface area contributed by atoms with Gasteiger partial charge in [0.2, 0.25) is 0 Å². The van der Waals surface area contributed by atoms with Crippen LogP contribution in [-0.4, -0.2) is 69.4 Å². The zero-order valence-electron chi connectivity index (χ0n) is 17.8. The number of methoxy groups -OCH3 is 2. The summed E-state index contributed by atoms with van der Waals surface area (Å²) in [5, 5.41) is 1.32. The Morgan fingerprint density at radius 2 is 1.88 bits per heavy atom. The van der Waals surface area contributed by atoms with E-state index < -0.39 is 0 Å². The highest BCUT2D eigenvalue weighted by Crippen LogP contribution is 2.40. The first-order valence-corrected chi connectivity index (χ1v) is 11.7. The number of morpholine rings is 1. The van der Waals surface area contributed by atoms with Crippen LogP contribution >= 0.6 is 34.5 Å². The van der Waals surface area contributed by atoms with Crippen molar-refractivity contribution in [3.8, 4) is 11.5 Å². The van der Waals surface area contributed by atoms with Crippen molar-refractivity contribution in [2.45, 2.75) is 0 Å². The Bertz CT molecular complexity index is 1080. The zero-order valence-corrected chi connectivity index (χ0v) is 20.1. The van der Waals surface area contributed by atoms with E-state index in [1.165, 1.54) is 11.3 Å². The van der Waals surface area contributed by atoms with Crippen LogP contribution in [0.5, 0.6) is 11.5 Å². The molecule has 2 heterocycles. The molecule has 1 aliphatic rings. The van der Waals surface area contributed by atoms with E-state index in [1.807, 2.05) is 6.07 Å². The van der Waals surface area contributed by atoms with E-state index in [4.69, 9.17) is 42.4 Å². The number of carbonyl (C=O) groups excluding carboxylic acids is 1. The molecule has 0 saturated carbocycles. The fraction of sp³-hybridized carbons (Fsp3) is 0.364. The summed E-state index contributed by atoms with van der Waals surface area (Å²) in [7, 11) is 3.20. The SMILES string of the molecule is COc1ccc(OC)c2sc(N(CCN3CCOCC3)C(=O)c3ccc(Cl)cc3Cl)nc12. The van der Waals surface area contributed by atoms with Gasteiger partial charge in [0.05, 0.1) is 38.0 Å². The summed E-state index contributed by atoms with van der Waals surface area (Å²) >= 11 is 13.8. The van der Waals surface area contributed by atoms with Gasteiger partial charge in [-0.25, -0.2) is 4.98 Å². The minimum Gasteiger partial charge on any atom is -0.495 e. The Morgan fingerprint density at radius 1 is 1.16 bits per heavy atom. The number of ether oxygens (including phenoxy) is 3. The van der Waals surface area contributed by atoms with Gasteiger partial charge >= 0.3 is 0 Å². The first-order chi connectivity index (χ1) is 15.5. The molecule has 0 atom stereocenters. The third-order valence-electron chi connectivity index (χ3n) is 5.28. The molecule has 0 aliphatic carbocycles. The molecular formula is C22H23Cl2N3O4S. The van der Waals surface area contributed by atoms with E-state index >= 15 is 0 Å². The van der Waals surface area contributed by atoms with E-state index in [-0.39, 0.29) is 5.91 Å². The lowest BCUT2D eigenvalue weighted by Gasteiger charge is -2.29. The van der Waals surface area contributed by atoms with E-state index in [9.17, 15) is 4.79 Å². The lowest BCUT2D eigenvalue weighted by Crippen LogP contribution is -2.43. The molecule has 1 fully saturated rings. The molecule has 0 spiro atoms. The number of amides is 1. The number of halogens is 2. The van der Waals surface area contributed by atoms with Crippen LogP contribution in [0.1, 0.15) is 10.4 Å². The number of benzene rings is 2. The van der Waals surface area contributed by atoms with Gasteiger partial charge < -0.3 is 14.2 Å². The van der Waals surface area contributed by atoms with Gasteiger partial charge in [-0.05, 0) is 30.3 Å². The van der Waals surface area contributed by atoms with Crippen LogP contribution in [0.25, 0.3) is 10.2 Å². The molecule has 0 radical (unpaired) electrons. The van der Waals surface area contributed by atoms with Gasteiger partial charge in [0.25, 0.3) is 5.91 Å². The van der Waals surface area contributed by atoms with Gasteiger partial charge in [-0.15, -0.1) is 0 Å². The molecule has 0 unspecified atom stereocenters. The van der Waals surface area contributed by atoms with Crippen LogP contribution < -0.4 is 14.4 Å². The number of anilines is 1.